The maximum absolute atomic E-state index is 12.3. The molecule has 2 aromatic rings. The van der Waals surface area contributed by atoms with E-state index >= 15 is 0 Å². The molecule has 0 spiro atoms. The first-order valence-electron chi connectivity index (χ1n) is 6.70. The fourth-order valence-corrected chi connectivity index (χ4v) is 2.70. The van der Waals surface area contributed by atoms with E-state index in [2.05, 4.69) is 10.3 Å². The standard InChI is InChI=1S/C14H15N3O3S/c1-9-7-15-14(21-9)16-12(18)8-17(10-4-5-10)13(19)11-3-2-6-20-11/h2-3,6-7,10H,4-5,8H2,1H3,(H,15,16,18). The summed E-state index contributed by atoms with van der Waals surface area (Å²) in [7, 11) is 0. The minimum absolute atomic E-state index is 0.0167. The molecule has 1 saturated carbocycles. The van der Waals surface area contributed by atoms with E-state index in [0.717, 1.165) is 17.7 Å². The maximum atomic E-state index is 12.3. The second-order valence-electron chi connectivity index (χ2n) is 4.97. The Hall–Kier alpha value is -2.15. The predicted octanol–water partition coefficient (Wildman–Crippen LogP) is 2.29. The molecule has 2 amide bonds. The van der Waals surface area contributed by atoms with E-state index in [1.165, 1.54) is 17.6 Å². The summed E-state index contributed by atoms with van der Waals surface area (Å²) >= 11 is 1.41. The summed E-state index contributed by atoms with van der Waals surface area (Å²) in [6.45, 7) is 1.94. The Morgan fingerprint density at radius 1 is 1.52 bits per heavy atom. The van der Waals surface area contributed by atoms with Crippen LogP contribution in [0.2, 0.25) is 0 Å². The van der Waals surface area contributed by atoms with Crippen molar-refractivity contribution < 1.29 is 14.0 Å². The SMILES string of the molecule is Cc1cnc(NC(=O)CN(C(=O)c2ccco2)C2CC2)s1. The van der Waals surface area contributed by atoms with E-state index < -0.39 is 0 Å². The number of anilines is 1. The van der Waals surface area contributed by atoms with Crippen molar-refractivity contribution in [1.29, 1.82) is 0 Å². The number of amides is 2. The van der Waals surface area contributed by atoms with Gasteiger partial charge in [0.2, 0.25) is 5.91 Å². The fraction of sp³-hybridized carbons (Fsp3) is 0.357. The van der Waals surface area contributed by atoms with Gasteiger partial charge in [0.1, 0.15) is 6.54 Å². The van der Waals surface area contributed by atoms with E-state index in [1.54, 1.807) is 23.2 Å². The van der Waals surface area contributed by atoms with E-state index in [4.69, 9.17) is 4.42 Å². The van der Waals surface area contributed by atoms with E-state index in [9.17, 15) is 9.59 Å². The Morgan fingerprint density at radius 3 is 2.90 bits per heavy atom. The third kappa shape index (κ3) is 3.30. The van der Waals surface area contributed by atoms with Crippen LogP contribution in [0.4, 0.5) is 5.13 Å². The van der Waals surface area contributed by atoms with Crippen LogP contribution in [0.5, 0.6) is 0 Å². The van der Waals surface area contributed by atoms with Gasteiger partial charge in [-0.2, -0.15) is 0 Å². The quantitative estimate of drug-likeness (QED) is 0.919. The summed E-state index contributed by atoms with van der Waals surface area (Å²) in [5.41, 5.74) is 0. The van der Waals surface area contributed by atoms with Crippen LogP contribution in [0.1, 0.15) is 28.3 Å². The van der Waals surface area contributed by atoms with Crippen LogP contribution in [-0.2, 0) is 4.79 Å². The highest BCUT2D eigenvalue weighted by molar-refractivity contribution is 7.15. The molecule has 0 aromatic carbocycles. The lowest BCUT2D eigenvalue weighted by Gasteiger charge is -2.20. The van der Waals surface area contributed by atoms with Crippen molar-refractivity contribution in [1.82, 2.24) is 9.88 Å². The van der Waals surface area contributed by atoms with Crippen molar-refractivity contribution in [3.05, 3.63) is 35.2 Å². The molecule has 1 fully saturated rings. The molecular weight excluding hydrogens is 290 g/mol. The van der Waals surface area contributed by atoms with Gasteiger partial charge in [-0.05, 0) is 31.9 Å². The normalized spacial score (nSPS) is 14.0. The number of hydrogen-bond acceptors (Lipinski definition) is 5. The Bertz CT molecular complexity index is 646. The first-order valence-corrected chi connectivity index (χ1v) is 7.52. The maximum Gasteiger partial charge on any atom is 0.290 e. The number of aryl methyl sites for hydroxylation is 1. The summed E-state index contributed by atoms with van der Waals surface area (Å²) in [6.07, 6.45) is 5.01. The molecule has 0 bridgehead atoms. The molecule has 1 N–H and O–H groups in total. The number of carbonyl (C=O) groups excluding carboxylic acids is 2. The molecule has 3 rings (SSSR count). The Morgan fingerprint density at radius 2 is 2.33 bits per heavy atom. The van der Waals surface area contributed by atoms with Gasteiger partial charge in [0.25, 0.3) is 5.91 Å². The monoisotopic (exact) mass is 305 g/mol. The molecule has 6 nitrogen and oxygen atoms in total. The topological polar surface area (TPSA) is 75.4 Å². The Balaban J connectivity index is 1.65. The number of hydrogen-bond donors (Lipinski definition) is 1. The number of nitrogens with zero attached hydrogens (tertiary/aromatic N) is 2. The van der Waals surface area contributed by atoms with E-state index in [-0.39, 0.29) is 30.2 Å². The van der Waals surface area contributed by atoms with Gasteiger partial charge in [0.15, 0.2) is 10.9 Å². The number of aromatic nitrogens is 1. The fourth-order valence-electron chi connectivity index (χ4n) is 2.02. The van der Waals surface area contributed by atoms with E-state index in [1.807, 2.05) is 6.92 Å². The lowest BCUT2D eigenvalue weighted by atomic mass is 10.3. The number of nitrogens with one attached hydrogen (secondary N) is 1. The molecule has 2 heterocycles. The number of rotatable bonds is 5. The lowest BCUT2D eigenvalue weighted by Crippen LogP contribution is -2.39. The zero-order chi connectivity index (χ0) is 14.8. The second kappa shape index (κ2) is 5.69. The minimum Gasteiger partial charge on any atom is -0.459 e. The Kier molecular flexibility index (Phi) is 3.74. The van der Waals surface area contributed by atoms with Crippen molar-refractivity contribution in [3.8, 4) is 0 Å². The van der Waals surface area contributed by atoms with Crippen molar-refractivity contribution in [3.63, 3.8) is 0 Å². The summed E-state index contributed by atoms with van der Waals surface area (Å²) in [4.78, 5) is 31.1. The van der Waals surface area contributed by atoms with Gasteiger partial charge in [-0.3, -0.25) is 9.59 Å². The first-order chi connectivity index (χ1) is 10.1. The van der Waals surface area contributed by atoms with Gasteiger partial charge in [0, 0.05) is 17.1 Å². The van der Waals surface area contributed by atoms with Crippen molar-refractivity contribution in [2.24, 2.45) is 0 Å². The molecule has 0 unspecified atom stereocenters. The highest BCUT2D eigenvalue weighted by atomic mass is 32.1. The highest BCUT2D eigenvalue weighted by Crippen LogP contribution is 2.28. The van der Waals surface area contributed by atoms with Crippen molar-refractivity contribution in [2.45, 2.75) is 25.8 Å². The summed E-state index contributed by atoms with van der Waals surface area (Å²) in [6, 6.07) is 3.41. The van der Waals surface area contributed by atoms with Gasteiger partial charge in [0.05, 0.1) is 6.26 Å². The molecule has 2 aromatic heterocycles. The molecule has 0 aliphatic heterocycles. The first kappa shape index (κ1) is 13.8. The van der Waals surface area contributed by atoms with Crippen LogP contribution in [0.15, 0.2) is 29.0 Å². The van der Waals surface area contributed by atoms with Crippen LogP contribution < -0.4 is 5.32 Å². The minimum atomic E-state index is -0.243. The van der Waals surface area contributed by atoms with Crippen molar-refractivity contribution >= 4 is 28.3 Å². The van der Waals surface area contributed by atoms with E-state index in [0.29, 0.717) is 5.13 Å². The van der Waals surface area contributed by atoms with Gasteiger partial charge < -0.3 is 14.6 Å². The van der Waals surface area contributed by atoms with Crippen LogP contribution >= 0.6 is 11.3 Å². The molecule has 110 valence electrons. The zero-order valence-corrected chi connectivity index (χ0v) is 12.4. The smallest absolute Gasteiger partial charge is 0.290 e. The average molecular weight is 305 g/mol. The summed E-state index contributed by atoms with van der Waals surface area (Å²) < 4.78 is 5.12. The van der Waals surface area contributed by atoms with Crippen LogP contribution in [0.25, 0.3) is 0 Å². The number of carbonyl (C=O) groups is 2. The van der Waals surface area contributed by atoms with Crippen molar-refractivity contribution in [2.75, 3.05) is 11.9 Å². The predicted molar refractivity (Wildman–Crippen MR) is 78.2 cm³/mol. The molecule has 0 saturated heterocycles. The molecule has 1 aliphatic rings. The zero-order valence-electron chi connectivity index (χ0n) is 11.5. The number of furan rings is 1. The third-order valence-corrected chi connectivity index (χ3v) is 3.99. The highest BCUT2D eigenvalue weighted by Gasteiger charge is 2.35. The summed E-state index contributed by atoms with van der Waals surface area (Å²) in [5, 5.41) is 3.27. The van der Waals surface area contributed by atoms with Crippen LogP contribution in [0, 0.1) is 6.92 Å². The lowest BCUT2D eigenvalue weighted by molar-refractivity contribution is -0.117. The van der Waals surface area contributed by atoms with Crippen LogP contribution in [-0.4, -0.2) is 34.3 Å². The molecule has 0 atom stereocenters. The molecule has 7 heteroatoms. The Labute approximate surface area is 125 Å². The third-order valence-electron chi connectivity index (χ3n) is 3.16. The molecule has 1 aliphatic carbocycles. The average Bonchev–Trinajstić information content (AvgIpc) is 2.97. The molecule has 0 radical (unpaired) electrons. The van der Waals surface area contributed by atoms with Crippen LogP contribution in [0.3, 0.4) is 0 Å². The second-order valence-corrected chi connectivity index (χ2v) is 6.20. The van der Waals surface area contributed by atoms with Gasteiger partial charge in [-0.25, -0.2) is 4.98 Å². The van der Waals surface area contributed by atoms with Gasteiger partial charge >= 0.3 is 0 Å². The summed E-state index contributed by atoms with van der Waals surface area (Å²) in [5.74, 6) is -0.219. The number of thiazole rings is 1. The molecular formula is C14H15N3O3S. The van der Waals surface area contributed by atoms with Gasteiger partial charge in [-0.15, -0.1) is 11.3 Å². The van der Waals surface area contributed by atoms with Gasteiger partial charge in [-0.1, -0.05) is 0 Å². The largest absolute Gasteiger partial charge is 0.459 e. The molecule has 21 heavy (non-hydrogen) atoms.